The third kappa shape index (κ3) is 2.64. The van der Waals surface area contributed by atoms with Crippen molar-refractivity contribution in [3.63, 3.8) is 0 Å². The average molecular weight is 569 g/mol. The molecule has 3 heterocycles. The van der Waals surface area contributed by atoms with E-state index in [4.69, 9.17) is 0 Å². The summed E-state index contributed by atoms with van der Waals surface area (Å²) in [6.07, 6.45) is 0. The molecule has 0 saturated carbocycles. The van der Waals surface area contributed by atoms with Crippen LogP contribution in [0.5, 0.6) is 0 Å². The number of halogens is 3. The van der Waals surface area contributed by atoms with E-state index in [1.165, 1.54) is 2.78 Å². The number of aromatic nitrogens is 2. The van der Waals surface area contributed by atoms with Gasteiger partial charge >= 0.3 is 5.69 Å². The van der Waals surface area contributed by atoms with Gasteiger partial charge in [-0.25, -0.2) is 15.1 Å². The number of anilines is 2. The highest BCUT2D eigenvalue weighted by Crippen LogP contribution is 2.41. The molecule has 4 rings (SSSR count). The lowest BCUT2D eigenvalue weighted by Crippen LogP contribution is -2.58. The van der Waals surface area contributed by atoms with Crippen molar-refractivity contribution in [1.29, 1.82) is 0 Å². The number of nitrogens with zero attached hydrogens (tertiary/aromatic N) is 5. The van der Waals surface area contributed by atoms with Gasteiger partial charge in [0, 0.05) is 55.6 Å². The smallest absolute Gasteiger partial charge is 0.359 e. The van der Waals surface area contributed by atoms with Crippen LogP contribution in [0.1, 0.15) is 12.5 Å². The summed E-state index contributed by atoms with van der Waals surface area (Å²) in [6, 6.07) is 2.10. The van der Waals surface area contributed by atoms with Gasteiger partial charge in [-0.2, -0.15) is 4.98 Å². The van der Waals surface area contributed by atoms with E-state index in [0.29, 0.717) is 23.6 Å². The van der Waals surface area contributed by atoms with Crippen molar-refractivity contribution in [2.75, 3.05) is 36.5 Å². The molecular formula is C16H18FI2N5O. The van der Waals surface area contributed by atoms with E-state index in [9.17, 15) is 4.79 Å². The van der Waals surface area contributed by atoms with Gasteiger partial charge in [-0.15, -0.1) is 0 Å². The first-order valence-electron chi connectivity index (χ1n) is 8.11. The molecule has 2 aliphatic rings. The number of hydrogen-bond donors (Lipinski definition) is 0. The zero-order valence-electron chi connectivity index (χ0n) is 14.1. The number of likely N-dealkylation sites (N-methyl/N-ethyl adjacent to an activating group) is 1. The van der Waals surface area contributed by atoms with Crippen LogP contribution in [0.4, 0.5) is 15.9 Å². The molecule has 9 heteroatoms. The number of aryl methyl sites for hydroxylation is 1. The molecule has 2 unspecified atom stereocenters. The molecule has 0 aliphatic carbocycles. The van der Waals surface area contributed by atoms with Crippen LogP contribution in [-0.4, -0.2) is 49.6 Å². The Hall–Kier alpha value is -0.690. The molecule has 0 bridgehead atoms. The van der Waals surface area contributed by atoms with Crippen LogP contribution in [0.15, 0.2) is 10.9 Å². The van der Waals surface area contributed by atoms with E-state index in [-0.39, 0.29) is 23.6 Å². The monoisotopic (exact) mass is 569 g/mol. The highest BCUT2D eigenvalue weighted by molar-refractivity contribution is 14.1. The van der Waals surface area contributed by atoms with Gasteiger partial charge in [-0.3, -0.25) is 0 Å². The molecule has 6 nitrogen and oxygen atoms in total. The molecule has 0 spiro atoms. The summed E-state index contributed by atoms with van der Waals surface area (Å²) < 4.78 is 18.8. The fourth-order valence-corrected chi connectivity index (χ4v) is 5.55. The first-order valence-corrected chi connectivity index (χ1v) is 10.0. The van der Waals surface area contributed by atoms with Crippen molar-refractivity contribution < 1.29 is 4.39 Å². The van der Waals surface area contributed by atoms with Gasteiger partial charge in [-0.05, 0) is 25.5 Å². The van der Waals surface area contributed by atoms with E-state index >= 15 is 4.39 Å². The van der Waals surface area contributed by atoms with Gasteiger partial charge in [0.05, 0.1) is 45.5 Å². The summed E-state index contributed by atoms with van der Waals surface area (Å²) in [5.41, 5.74) is 1.50. The van der Waals surface area contributed by atoms with Crippen LogP contribution in [0.2, 0.25) is 0 Å². The van der Waals surface area contributed by atoms with Crippen molar-refractivity contribution in [2.24, 2.45) is 0 Å². The predicted octanol–water partition coefficient (Wildman–Crippen LogP) is 2.72. The summed E-state index contributed by atoms with van der Waals surface area (Å²) in [7, 11) is 1.92. The van der Waals surface area contributed by atoms with Crippen molar-refractivity contribution >= 4 is 68.1 Å². The maximum Gasteiger partial charge on any atom is 0.359 e. The fourth-order valence-electron chi connectivity index (χ4n) is 4.03. The van der Waals surface area contributed by atoms with E-state index in [1.807, 2.05) is 34.8 Å². The lowest BCUT2D eigenvalue weighted by atomic mass is 10.1. The Morgan fingerprint density at radius 1 is 1.28 bits per heavy atom. The summed E-state index contributed by atoms with van der Waals surface area (Å²) in [5, 5.41) is 0.732. The Bertz CT molecular complexity index is 933. The third-order valence-electron chi connectivity index (χ3n) is 5.06. The van der Waals surface area contributed by atoms with Crippen LogP contribution in [0.25, 0.3) is 10.9 Å². The fraction of sp³-hybridized carbons (Fsp3) is 0.500. The van der Waals surface area contributed by atoms with Gasteiger partial charge in [-0.1, -0.05) is 0 Å². The standard InChI is InChI=1S/C16H18FI2N5O/c1-8-4-11-12-14(13(8)17)21(3)6-10-7-22(18)5-9(2)23(10)15(12)20-16(25)24(11)19/h4,9-10H,5-7H2,1-3H3. The van der Waals surface area contributed by atoms with E-state index in [2.05, 4.69) is 42.8 Å². The number of piperazine rings is 1. The van der Waals surface area contributed by atoms with E-state index < -0.39 is 0 Å². The molecule has 1 fully saturated rings. The van der Waals surface area contributed by atoms with Crippen molar-refractivity contribution in [3.05, 3.63) is 27.9 Å². The highest BCUT2D eigenvalue weighted by Gasteiger charge is 2.38. The van der Waals surface area contributed by atoms with Crippen molar-refractivity contribution in [1.82, 2.24) is 10.9 Å². The summed E-state index contributed by atoms with van der Waals surface area (Å²) in [5.74, 6) is 0.389. The minimum atomic E-state index is -0.313. The number of fused-ring (bicyclic) bond motifs is 2. The van der Waals surface area contributed by atoms with E-state index in [1.54, 1.807) is 13.0 Å². The summed E-state index contributed by atoms with van der Waals surface area (Å²) in [6.45, 7) is 6.29. The molecule has 0 amide bonds. The topological polar surface area (TPSA) is 44.6 Å². The lowest BCUT2D eigenvalue weighted by Gasteiger charge is -2.44. The maximum atomic E-state index is 15.1. The van der Waals surface area contributed by atoms with Gasteiger partial charge in [0.1, 0.15) is 11.6 Å². The Labute approximate surface area is 173 Å². The van der Waals surface area contributed by atoms with Crippen molar-refractivity contribution in [2.45, 2.75) is 25.9 Å². The number of benzene rings is 1. The van der Waals surface area contributed by atoms with Crippen LogP contribution in [-0.2, 0) is 0 Å². The summed E-state index contributed by atoms with van der Waals surface area (Å²) in [4.78, 5) is 21.0. The molecule has 25 heavy (non-hydrogen) atoms. The Kier molecular flexibility index (Phi) is 4.38. The molecule has 0 N–H and O–H groups in total. The van der Waals surface area contributed by atoms with Gasteiger partial charge in [0.15, 0.2) is 0 Å². The molecule has 2 aromatic rings. The van der Waals surface area contributed by atoms with Crippen molar-refractivity contribution in [3.8, 4) is 0 Å². The molecule has 2 aliphatic heterocycles. The van der Waals surface area contributed by atoms with Crippen LogP contribution >= 0.6 is 45.7 Å². The zero-order chi connectivity index (χ0) is 18.0. The quantitative estimate of drug-likeness (QED) is 0.361. The molecule has 2 atom stereocenters. The molecular weight excluding hydrogens is 551 g/mol. The average Bonchev–Trinajstić information content (AvgIpc) is 2.64. The van der Waals surface area contributed by atoms with Crippen LogP contribution in [0.3, 0.4) is 0 Å². The van der Waals surface area contributed by atoms with Gasteiger partial charge in [0.2, 0.25) is 0 Å². The zero-order valence-corrected chi connectivity index (χ0v) is 18.4. The Balaban J connectivity index is 2.12. The van der Waals surface area contributed by atoms with E-state index in [0.717, 1.165) is 24.0 Å². The van der Waals surface area contributed by atoms with Crippen LogP contribution in [0, 0.1) is 12.7 Å². The minimum Gasteiger partial charge on any atom is -0.369 e. The summed E-state index contributed by atoms with van der Waals surface area (Å²) >= 11 is 4.29. The third-order valence-corrected chi connectivity index (χ3v) is 6.78. The minimum absolute atomic E-state index is 0.151. The Morgan fingerprint density at radius 2 is 2.00 bits per heavy atom. The largest absolute Gasteiger partial charge is 0.369 e. The molecule has 134 valence electrons. The normalized spacial score (nSPS) is 23.8. The predicted molar refractivity (Wildman–Crippen MR) is 115 cm³/mol. The maximum absolute atomic E-state index is 15.1. The lowest BCUT2D eigenvalue weighted by molar-refractivity contribution is 0.335. The molecule has 1 aromatic carbocycles. The first-order chi connectivity index (χ1) is 11.8. The molecule has 1 saturated heterocycles. The molecule has 1 aromatic heterocycles. The second-order valence-corrected chi connectivity index (χ2v) is 9.20. The number of rotatable bonds is 0. The second kappa shape index (κ2) is 6.19. The highest BCUT2D eigenvalue weighted by atomic mass is 127. The number of hydrogen-bond acceptors (Lipinski definition) is 5. The van der Waals surface area contributed by atoms with Gasteiger partial charge in [0.25, 0.3) is 0 Å². The second-order valence-electron chi connectivity index (χ2n) is 6.87. The first kappa shape index (κ1) is 17.7. The van der Waals surface area contributed by atoms with Gasteiger partial charge < -0.3 is 9.80 Å². The Morgan fingerprint density at radius 3 is 2.72 bits per heavy atom. The van der Waals surface area contributed by atoms with Crippen LogP contribution < -0.4 is 15.5 Å². The SMILES string of the molecule is Cc1cc2c3c(nc(=O)n2I)N2C(C)CN(I)CC2CN(C)c3c1F. The molecule has 0 radical (unpaired) electrons.